The van der Waals surface area contributed by atoms with E-state index in [0.29, 0.717) is 6.04 Å². The Kier molecular flexibility index (Phi) is 1.69. The van der Waals surface area contributed by atoms with Crippen LogP contribution in [-0.4, -0.2) is 18.3 Å². The molecular weight excluding hydrogens is 144 g/mol. The fraction of sp³-hybridized carbons (Fsp3) is 0.429. The van der Waals surface area contributed by atoms with Crippen molar-refractivity contribution in [3.8, 4) is 0 Å². The Hall–Kier alpha value is -0.410. The van der Waals surface area contributed by atoms with Crippen LogP contribution in [0.2, 0.25) is 0 Å². The maximum Gasteiger partial charge on any atom is 0.0589 e. The molecular formula is C7H10N2S. The largest absolute Gasteiger partial charge is 0.332 e. The fourth-order valence-corrected chi connectivity index (χ4v) is 2.06. The number of allylic oxidation sites excluding steroid dienone is 2. The van der Waals surface area contributed by atoms with Gasteiger partial charge in [-0.25, -0.2) is 0 Å². The topological polar surface area (TPSA) is 24.1 Å². The second-order valence-electron chi connectivity index (χ2n) is 2.42. The van der Waals surface area contributed by atoms with Crippen molar-refractivity contribution in [3.05, 3.63) is 23.9 Å². The van der Waals surface area contributed by atoms with E-state index in [1.54, 1.807) is 11.9 Å². The van der Waals surface area contributed by atoms with Crippen LogP contribution < -0.4 is 10.0 Å². The van der Waals surface area contributed by atoms with Gasteiger partial charge in [0, 0.05) is 18.0 Å². The van der Waals surface area contributed by atoms with Crippen LogP contribution in [-0.2, 0) is 0 Å². The average molecular weight is 154 g/mol. The molecule has 0 aromatic rings. The molecule has 1 saturated heterocycles. The Bertz CT molecular complexity index is 186. The van der Waals surface area contributed by atoms with E-state index in [-0.39, 0.29) is 0 Å². The molecule has 1 atom stereocenters. The van der Waals surface area contributed by atoms with E-state index in [1.807, 2.05) is 0 Å². The first kappa shape index (κ1) is 6.31. The van der Waals surface area contributed by atoms with Crippen LogP contribution in [0.1, 0.15) is 0 Å². The molecule has 0 aliphatic carbocycles. The molecule has 2 heterocycles. The van der Waals surface area contributed by atoms with Crippen LogP contribution in [0.25, 0.3) is 0 Å². The van der Waals surface area contributed by atoms with E-state index in [1.165, 1.54) is 5.70 Å². The monoisotopic (exact) mass is 154 g/mol. The third-order valence-corrected chi connectivity index (χ3v) is 2.59. The van der Waals surface area contributed by atoms with E-state index >= 15 is 0 Å². The quantitative estimate of drug-likeness (QED) is 0.501. The van der Waals surface area contributed by atoms with Gasteiger partial charge in [0.15, 0.2) is 0 Å². The van der Waals surface area contributed by atoms with Crippen molar-refractivity contribution >= 4 is 11.9 Å². The molecule has 0 aromatic heterocycles. The van der Waals surface area contributed by atoms with Gasteiger partial charge >= 0.3 is 0 Å². The molecule has 2 aliphatic rings. The van der Waals surface area contributed by atoms with E-state index in [9.17, 15) is 0 Å². The zero-order valence-electron chi connectivity index (χ0n) is 5.63. The molecule has 3 heteroatoms. The van der Waals surface area contributed by atoms with Crippen molar-refractivity contribution in [1.29, 1.82) is 0 Å². The molecule has 0 spiro atoms. The van der Waals surface area contributed by atoms with Crippen molar-refractivity contribution in [2.75, 3.05) is 12.3 Å². The molecule has 10 heavy (non-hydrogen) atoms. The Morgan fingerprint density at radius 3 is 3.60 bits per heavy atom. The Morgan fingerprint density at radius 2 is 2.60 bits per heavy atom. The highest BCUT2D eigenvalue weighted by molar-refractivity contribution is 7.97. The molecule has 0 aromatic carbocycles. The van der Waals surface area contributed by atoms with Crippen molar-refractivity contribution in [2.24, 2.45) is 0 Å². The molecule has 54 valence electrons. The van der Waals surface area contributed by atoms with Gasteiger partial charge in [-0.3, -0.25) is 0 Å². The fourth-order valence-electron chi connectivity index (χ4n) is 1.14. The van der Waals surface area contributed by atoms with Crippen molar-refractivity contribution in [2.45, 2.75) is 6.04 Å². The van der Waals surface area contributed by atoms with Crippen LogP contribution in [0.5, 0.6) is 0 Å². The van der Waals surface area contributed by atoms with Crippen molar-refractivity contribution in [3.63, 3.8) is 0 Å². The van der Waals surface area contributed by atoms with Crippen LogP contribution >= 0.6 is 11.9 Å². The number of hydrogen-bond acceptors (Lipinski definition) is 3. The molecule has 2 nitrogen and oxygen atoms in total. The lowest BCUT2D eigenvalue weighted by atomic mass is 10.2. The Morgan fingerprint density at radius 1 is 1.60 bits per heavy atom. The summed E-state index contributed by atoms with van der Waals surface area (Å²) in [5.74, 6) is 1.15. The van der Waals surface area contributed by atoms with Gasteiger partial charge in [-0.15, -0.1) is 0 Å². The van der Waals surface area contributed by atoms with Gasteiger partial charge in [0.25, 0.3) is 0 Å². The summed E-state index contributed by atoms with van der Waals surface area (Å²) >= 11 is 1.77. The molecule has 2 N–H and O–H groups in total. The van der Waals surface area contributed by atoms with Gasteiger partial charge < -0.3 is 10.0 Å². The van der Waals surface area contributed by atoms with Gasteiger partial charge in [0.2, 0.25) is 0 Å². The third-order valence-electron chi connectivity index (χ3n) is 1.71. The van der Waals surface area contributed by atoms with Gasteiger partial charge in [-0.2, -0.15) is 0 Å². The zero-order chi connectivity index (χ0) is 6.81. The molecule has 1 fully saturated rings. The number of rotatable bonds is 0. The number of fused-ring (bicyclic) bond motifs is 1. The highest BCUT2D eigenvalue weighted by atomic mass is 32.2. The minimum Gasteiger partial charge on any atom is -0.332 e. The molecule has 1 unspecified atom stereocenters. The molecule has 0 bridgehead atoms. The SMILES string of the molecule is C1=CCNC2CSNC2=C1. The third kappa shape index (κ3) is 1.07. The van der Waals surface area contributed by atoms with Gasteiger partial charge in [0.05, 0.1) is 6.04 Å². The van der Waals surface area contributed by atoms with Crippen LogP contribution in [0.15, 0.2) is 23.9 Å². The zero-order valence-corrected chi connectivity index (χ0v) is 6.45. The normalized spacial score (nSPS) is 30.4. The average Bonchev–Trinajstić information content (AvgIpc) is 2.28. The van der Waals surface area contributed by atoms with Gasteiger partial charge in [0.1, 0.15) is 0 Å². The minimum absolute atomic E-state index is 0.556. The maximum atomic E-state index is 3.41. The predicted octanol–water partition coefficient (Wildman–Crippen LogP) is 0.650. The van der Waals surface area contributed by atoms with Gasteiger partial charge in [-0.05, 0) is 6.08 Å². The molecule has 0 amide bonds. The molecule has 2 aliphatic heterocycles. The smallest absolute Gasteiger partial charge is 0.0589 e. The first-order chi connectivity index (χ1) is 4.97. The molecule has 2 rings (SSSR count). The summed E-state index contributed by atoms with van der Waals surface area (Å²) in [6.45, 7) is 0.993. The summed E-state index contributed by atoms with van der Waals surface area (Å²) in [4.78, 5) is 0. The van der Waals surface area contributed by atoms with E-state index in [4.69, 9.17) is 0 Å². The lowest BCUT2D eigenvalue weighted by Crippen LogP contribution is -2.30. The van der Waals surface area contributed by atoms with Crippen molar-refractivity contribution < 1.29 is 0 Å². The lowest BCUT2D eigenvalue weighted by molar-refractivity contribution is 0.670. The van der Waals surface area contributed by atoms with Crippen LogP contribution in [0.3, 0.4) is 0 Å². The van der Waals surface area contributed by atoms with E-state index in [2.05, 4.69) is 28.3 Å². The van der Waals surface area contributed by atoms with E-state index < -0.39 is 0 Å². The highest BCUT2D eigenvalue weighted by Gasteiger charge is 2.20. The highest BCUT2D eigenvalue weighted by Crippen LogP contribution is 2.17. The summed E-state index contributed by atoms with van der Waals surface area (Å²) in [7, 11) is 0. The Balaban J connectivity index is 2.18. The first-order valence-corrected chi connectivity index (χ1v) is 4.43. The summed E-state index contributed by atoms with van der Waals surface area (Å²) in [5, 5.41) is 3.41. The second-order valence-corrected chi connectivity index (χ2v) is 3.25. The summed E-state index contributed by atoms with van der Waals surface area (Å²) in [6.07, 6.45) is 6.38. The summed E-state index contributed by atoms with van der Waals surface area (Å²) in [6, 6.07) is 0.556. The Labute approximate surface area is 64.9 Å². The van der Waals surface area contributed by atoms with Crippen LogP contribution in [0.4, 0.5) is 0 Å². The predicted molar refractivity (Wildman–Crippen MR) is 44.6 cm³/mol. The minimum atomic E-state index is 0.556. The maximum absolute atomic E-state index is 3.41. The molecule has 0 radical (unpaired) electrons. The lowest BCUT2D eigenvalue weighted by Gasteiger charge is -2.07. The number of hydrogen-bond donors (Lipinski definition) is 2. The summed E-state index contributed by atoms with van der Waals surface area (Å²) in [5.41, 5.74) is 1.32. The second kappa shape index (κ2) is 2.68. The standard InChI is InChI=1S/C7H10N2S/c1-2-4-8-7-5-10-9-6(7)3-1/h1-3,7-9H,4-5H2. The van der Waals surface area contributed by atoms with Gasteiger partial charge in [-0.1, -0.05) is 24.1 Å². The van der Waals surface area contributed by atoms with E-state index in [0.717, 1.165) is 12.3 Å². The van der Waals surface area contributed by atoms with Crippen molar-refractivity contribution in [1.82, 2.24) is 10.0 Å². The number of nitrogens with one attached hydrogen (secondary N) is 2. The van der Waals surface area contributed by atoms with Crippen LogP contribution in [0, 0.1) is 0 Å². The molecule has 0 saturated carbocycles. The first-order valence-electron chi connectivity index (χ1n) is 3.45. The summed E-state index contributed by atoms with van der Waals surface area (Å²) < 4.78 is 3.26.